The number of hydrogen-bond donors (Lipinski definition) is 3. The van der Waals surface area contributed by atoms with E-state index < -0.39 is 22.1 Å². The second-order valence-corrected chi connectivity index (χ2v) is 13.9. The lowest BCUT2D eigenvalue weighted by molar-refractivity contribution is -0.136. The average Bonchev–Trinajstić information content (AvgIpc) is 3.36. The number of sulfonamides is 1. The van der Waals surface area contributed by atoms with Crippen LogP contribution >= 0.6 is 0 Å². The summed E-state index contributed by atoms with van der Waals surface area (Å²) in [6.45, 7) is 4.43. The van der Waals surface area contributed by atoms with E-state index in [9.17, 15) is 18.3 Å². The number of β-amino-alcohol motifs (C(OH)–C–C–N with tert-alkyl or cyclic N) is 1. The molecule has 1 aliphatic carbocycles. The average molecular weight is 595 g/mol. The van der Waals surface area contributed by atoms with Gasteiger partial charge in [0.2, 0.25) is 10.0 Å². The van der Waals surface area contributed by atoms with E-state index in [1.165, 1.54) is 25.3 Å². The molecule has 1 aliphatic rings. The van der Waals surface area contributed by atoms with Gasteiger partial charge in [0.25, 0.3) is 0 Å². The van der Waals surface area contributed by atoms with Gasteiger partial charge in [0, 0.05) is 32.1 Å². The molecule has 4 rings (SSSR count). The summed E-state index contributed by atoms with van der Waals surface area (Å²) in [6, 6.07) is 20.9. The normalized spacial score (nSPS) is 14.6. The second-order valence-electron chi connectivity index (χ2n) is 11.9. The number of carboxylic acids is 1. The SMILES string of the molecule is COc1ccc(-c2ccc(CCC(=O)O)cc2)cc1S(=O)(=O)N(C)CC(O)CNC(C)(C)CC1Cc2ccccc2C1. The molecular weight excluding hydrogens is 552 g/mol. The number of aliphatic hydroxyl groups is 1. The maximum Gasteiger partial charge on any atom is 0.303 e. The number of carbonyl (C=O) groups is 1. The molecule has 3 aromatic rings. The summed E-state index contributed by atoms with van der Waals surface area (Å²) >= 11 is 0. The minimum absolute atomic E-state index is 0.0150. The number of nitrogens with one attached hydrogen (secondary N) is 1. The highest BCUT2D eigenvalue weighted by atomic mass is 32.2. The van der Waals surface area contributed by atoms with Crippen LogP contribution in [0.4, 0.5) is 0 Å². The van der Waals surface area contributed by atoms with Crippen LogP contribution in [0.15, 0.2) is 71.6 Å². The smallest absolute Gasteiger partial charge is 0.303 e. The molecular formula is C33H42N2O6S. The fraction of sp³-hybridized carbons (Fsp3) is 0.424. The molecule has 0 amide bonds. The van der Waals surface area contributed by atoms with Crippen molar-refractivity contribution in [1.82, 2.24) is 9.62 Å². The first-order valence-corrected chi connectivity index (χ1v) is 15.8. The van der Waals surface area contributed by atoms with Crippen molar-refractivity contribution in [2.75, 3.05) is 27.2 Å². The third-order valence-electron chi connectivity index (χ3n) is 7.99. The van der Waals surface area contributed by atoms with Gasteiger partial charge >= 0.3 is 5.97 Å². The lowest BCUT2D eigenvalue weighted by atomic mass is 9.88. The van der Waals surface area contributed by atoms with Crippen molar-refractivity contribution in [2.24, 2.45) is 5.92 Å². The Bertz CT molecular complexity index is 1460. The summed E-state index contributed by atoms with van der Waals surface area (Å²) < 4.78 is 33.8. The molecule has 0 spiro atoms. The number of nitrogens with zero attached hydrogens (tertiary/aromatic N) is 1. The molecule has 0 radical (unpaired) electrons. The van der Waals surface area contributed by atoms with Gasteiger partial charge in [-0.2, -0.15) is 4.31 Å². The number of ether oxygens (including phenoxy) is 1. The zero-order valence-electron chi connectivity index (χ0n) is 24.8. The quantitative estimate of drug-likeness (QED) is 0.251. The summed E-state index contributed by atoms with van der Waals surface area (Å²) in [5.74, 6) is -0.103. The van der Waals surface area contributed by atoms with Crippen LogP contribution in [-0.4, -0.2) is 67.8 Å². The third-order valence-corrected chi connectivity index (χ3v) is 9.83. The summed E-state index contributed by atoms with van der Waals surface area (Å²) in [6.07, 6.45) is 2.63. The molecule has 0 saturated heterocycles. The molecule has 1 atom stereocenters. The minimum Gasteiger partial charge on any atom is -0.495 e. The van der Waals surface area contributed by atoms with E-state index in [4.69, 9.17) is 9.84 Å². The number of aliphatic hydroxyl groups excluding tert-OH is 1. The molecule has 0 fully saturated rings. The number of fused-ring (bicyclic) bond motifs is 1. The molecule has 0 heterocycles. The van der Waals surface area contributed by atoms with Gasteiger partial charge in [-0.05, 0) is 85.4 Å². The number of hydrogen-bond acceptors (Lipinski definition) is 6. The van der Waals surface area contributed by atoms with Gasteiger partial charge in [0.05, 0.1) is 13.2 Å². The highest BCUT2D eigenvalue weighted by Gasteiger charge is 2.30. The van der Waals surface area contributed by atoms with Crippen molar-refractivity contribution in [3.63, 3.8) is 0 Å². The first-order valence-electron chi connectivity index (χ1n) is 14.3. The van der Waals surface area contributed by atoms with Crippen LogP contribution in [0.3, 0.4) is 0 Å². The van der Waals surface area contributed by atoms with Gasteiger partial charge in [0.15, 0.2) is 0 Å². The Morgan fingerprint density at radius 1 is 1.05 bits per heavy atom. The maximum atomic E-state index is 13.6. The Kier molecular flexibility index (Phi) is 10.1. The Morgan fingerprint density at radius 2 is 1.67 bits per heavy atom. The van der Waals surface area contributed by atoms with Gasteiger partial charge in [-0.1, -0.05) is 54.6 Å². The van der Waals surface area contributed by atoms with E-state index in [1.54, 1.807) is 18.2 Å². The van der Waals surface area contributed by atoms with Crippen molar-refractivity contribution in [3.05, 3.63) is 83.4 Å². The van der Waals surface area contributed by atoms with Crippen LogP contribution in [0, 0.1) is 5.92 Å². The summed E-state index contributed by atoms with van der Waals surface area (Å²) in [5.41, 5.74) is 4.99. The summed E-state index contributed by atoms with van der Waals surface area (Å²) in [7, 11) is -1.09. The zero-order chi connectivity index (χ0) is 30.5. The van der Waals surface area contributed by atoms with Crippen molar-refractivity contribution in [2.45, 2.75) is 62.5 Å². The zero-order valence-corrected chi connectivity index (χ0v) is 25.7. The number of rotatable bonds is 14. The molecule has 42 heavy (non-hydrogen) atoms. The van der Waals surface area contributed by atoms with Crippen LogP contribution in [0.2, 0.25) is 0 Å². The monoisotopic (exact) mass is 594 g/mol. The number of methoxy groups -OCH3 is 1. The van der Waals surface area contributed by atoms with Gasteiger partial charge in [-0.3, -0.25) is 4.79 Å². The number of carboxylic acid groups (broad SMARTS) is 1. The van der Waals surface area contributed by atoms with Gasteiger partial charge < -0.3 is 20.3 Å². The number of aryl methyl sites for hydroxylation is 1. The summed E-state index contributed by atoms with van der Waals surface area (Å²) in [4.78, 5) is 10.9. The first-order chi connectivity index (χ1) is 19.9. The van der Waals surface area contributed by atoms with E-state index in [1.807, 2.05) is 24.3 Å². The van der Waals surface area contributed by atoms with Crippen LogP contribution in [-0.2, 0) is 34.1 Å². The molecule has 3 N–H and O–H groups in total. The Morgan fingerprint density at radius 3 is 2.26 bits per heavy atom. The molecule has 0 aromatic heterocycles. The fourth-order valence-electron chi connectivity index (χ4n) is 5.78. The van der Waals surface area contributed by atoms with Gasteiger partial charge in [-0.15, -0.1) is 0 Å². The lowest BCUT2D eigenvalue weighted by Gasteiger charge is -2.31. The van der Waals surface area contributed by atoms with Gasteiger partial charge in [0.1, 0.15) is 10.6 Å². The first kappa shape index (κ1) is 31.7. The lowest BCUT2D eigenvalue weighted by Crippen LogP contribution is -2.47. The van der Waals surface area contributed by atoms with E-state index in [0.29, 0.717) is 17.9 Å². The maximum absolute atomic E-state index is 13.6. The topological polar surface area (TPSA) is 116 Å². The standard InChI is InChI=1S/C33H42N2O6S/c1-33(2,20-24-17-26-7-5-6-8-27(26)18-24)34-21-29(36)22-35(3)42(39,40)31-19-28(14-15-30(31)41-4)25-12-9-23(10-13-25)11-16-32(37)38/h5-10,12-15,19,24,29,34,36H,11,16-18,20-22H2,1-4H3,(H,37,38). The predicted octanol–water partition coefficient (Wildman–Crippen LogP) is 4.53. The van der Waals surface area contributed by atoms with Crippen LogP contribution in [0.5, 0.6) is 5.75 Å². The molecule has 226 valence electrons. The van der Waals surface area contributed by atoms with E-state index in [0.717, 1.165) is 34.7 Å². The van der Waals surface area contributed by atoms with Crippen LogP contribution < -0.4 is 10.1 Å². The molecule has 9 heteroatoms. The Balaban J connectivity index is 1.38. The predicted molar refractivity (Wildman–Crippen MR) is 164 cm³/mol. The number of benzene rings is 3. The molecule has 1 unspecified atom stereocenters. The highest BCUT2D eigenvalue weighted by molar-refractivity contribution is 7.89. The van der Waals surface area contributed by atoms with Crippen molar-refractivity contribution < 1.29 is 28.2 Å². The molecule has 0 aliphatic heterocycles. The van der Waals surface area contributed by atoms with Crippen molar-refractivity contribution in [3.8, 4) is 16.9 Å². The van der Waals surface area contributed by atoms with E-state index in [2.05, 4.69) is 43.4 Å². The molecule has 0 bridgehead atoms. The van der Waals surface area contributed by atoms with Crippen molar-refractivity contribution in [1.29, 1.82) is 0 Å². The third kappa shape index (κ3) is 7.98. The highest BCUT2D eigenvalue weighted by Crippen LogP contribution is 2.33. The van der Waals surface area contributed by atoms with Crippen LogP contribution in [0.25, 0.3) is 11.1 Å². The van der Waals surface area contributed by atoms with Gasteiger partial charge in [-0.25, -0.2) is 8.42 Å². The largest absolute Gasteiger partial charge is 0.495 e. The Labute approximate surface area is 249 Å². The molecule has 3 aromatic carbocycles. The van der Waals surface area contributed by atoms with E-state index >= 15 is 0 Å². The molecule has 0 saturated carbocycles. The fourth-order valence-corrected chi connectivity index (χ4v) is 7.17. The number of likely N-dealkylation sites (N-methyl/N-ethyl adjacent to an activating group) is 1. The summed E-state index contributed by atoms with van der Waals surface area (Å²) in [5, 5.41) is 23.2. The molecule has 8 nitrogen and oxygen atoms in total. The van der Waals surface area contributed by atoms with E-state index in [-0.39, 0.29) is 35.7 Å². The second kappa shape index (κ2) is 13.4. The minimum atomic E-state index is -3.98. The Hall–Kier alpha value is -3.24. The van der Waals surface area contributed by atoms with Crippen molar-refractivity contribution >= 4 is 16.0 Å². The number of aliphatic carboxylic acids is 1. The van der Waals surface area contributed by atoms with Crippen LogP contribution in [0.1, 0.15) is 43.4 Å².